The van der Waals surface area contributed by atoms with Gasteiger partial charge in [-0.05, 0) is 27.2 Å². The highest BCUT2D eigenvalue weighted by atomic mass is 16.6. The number of nitrogens with zero attached hydrogens (tertiary/aromatic N) is 2. The number of carbonyl (C=O) groups excluding carboxylic acids is 3. The first kappa shape index (κ1) is 15.6. The molecule has 0 aromatic rings. The molecule has 2 aliphatic heterocycles. The first-order chi connectivity index (χ1) is 9.67. The van der Waals surface area contributed by atoms with Gasteiger partial charge in [-0.15, -0.1) is 0 Å². The van der Waals surface area contributed by atoms with Gasteiger partial charge >= 0.3 is 6.09 Å². The van der Waals surface area contributed by atoms with Gasteiger partial charge in [0.05, 0.1) is 12.0 Å². The van der Waals surface area contributed by atoms with E-state index in [0.717, 1.165) is 0 Å². The smallest absolute Gasteiger partial charge is 0.410 e. The number of nitrogens with two attached hydrogens (primary N) is 1. The van der Waals surface area contributed by atoms with Crippen molar-refractivity contribution in [1.29, 1.82) is 0 Å². The number of ether oxygens (including phenoxy) is 1. The number of likely N-dealkylation sites (tertiary alicyclic amines) is 2. The molecule has 2 fully saturated rings. The topological polar surface area (TPSA) is 92.9 Å². The van der Waals surface area contributed by atoms with Crippen LogP contribution in [-0.4, -0.2) is 59.0 Å². The Morgan fingerprint density at radius 3 is 2.48 bits per heavy atom. The second kappa shape index (κ2) is 5.54. The summed E-state index contributed by atoms with van der Waals surface area (Å²) in [6, 6.07) is -0.0469. The van der Waals surface area contributed by atoms with Crippen molar-refractivity contribution in [2.45, 2.75) is 45.3 Å². The van der Waals surface area contributed by atoms with Gasteiger partial charge in [0.1, 0.15) is 5.60 Å². The Kier molecular flexibility index (Phi) is 4.11. The van der Waals surface area contributed by atoms with E-state index in [4.69, 9.17) is 10.5 Å². The van der Waals surface area contributed by atoms with Crippen LogP contribution in [-0.2, 0) is 14.3 Å². The average Bonchev–Trinajstić information content (AvgIpc) is 2.92. The predicted molar refractivity (Wildman–Crippen MR) is 75.2 cm³/mol. The molecule has 7 heteroatoms. The van der Waals surface area contributed by atoms with Crippen LogP contribution >= 0.6 is 0 Å². The lowest BCUT2D eigenvalue weighted by Crippen LogP contribution is -2.41. The van der Waals surface area contributed by atoms with Crippen LogP contribution in [0.4, 0.5) is 4.79 Å². The maximum absolute atomic E-state index is 12.0. The van der Waals surface area contributed by atoms with Gasteiger partial charge in [0.2, 0.25) is 11.8 Å². The second-order valence-electron chi connectivity index (χ2n) is 6.72. The fraction of sp³-hybridized carbons (Fsp3) is 0.786. The zero-order chi connectivity index (χ0) is 15.8. The van der Waals surface area contributed by atoms with E-state index in [-0.39, 0.29) is 24.5 Å². The zero-order valence-corrected chi connectivity index (χ0v) is 12.8. The molecule has 0 aliphatic carbocycles. The molecular weight excluding hydrogens is 274 g/mol. The summed E-state index contributed by atoms with van der Waals surface area (Å²) >= 11 is 0. The SMILES string of the molecule is CC(C)(C)OC(=O)N1CC[C@@H](N2CC(C(N)=O)CC2=O)C1. The highest BCUT2D eigenvalue weighted by molar-refractivity contribution is 5.88. The van der Waals surface area contributed by atoms with Gasteiger partial charge in [-0.25, -0.2) is 4.79 Å². The van der Waals surface area contributed by atoms with E-state index < -0.39 is 17.4 Å². The van der Waals surface area contributed by atoms with E-state index in [1.807, 2.05) is 20.8 Å². The molecule has 0 spiro atoms. The van der Waals surface area contributed by atoms with E-state index in [1.54, 1.807) is 9.80 Å². The third-order valence-corrected chi connectivity index (χ3v) is 3.82. The highest BCUT2D eigenvalue weighted by Gasteiger charge is 2.40. The molecule has 21 heavy (non-hydrogen) atoms. The molecule has 2 saturated heterocycles. The van der Waals surface area contributed by atoms with Crippen molar-refractivity contribution in [3.8, 4) is 0 Å². The van der Waals surface area contributed by atoms with Crippen molar-refractivity contribution in [3.63, 3.8) is 0 Å². The molecule has 2 atom stereocenters. The molecule has 2 heterocycles. The largest absolute Gasteiger partial charge is 0.444 e. The Morgan fingerprint density at radius 1 is 1.29 bits per heavy atom. The molecule has 0 radical (unpaired) electrons. The van der Waals surface area contributed by atoms with Gasteiger partial charge in [0.15, 0.2) is 0 Å². The van der Waals surface area contributed by atoms with Crippen LogP contribution in [0.5, 0.6) is 0 Å². The monoisotopic (exact) mass is 297 g/mol. The number of hydrogen-bond donors (Lipinski definition) is 1. The molecule has 0 saturated carbocycles. The Labute approximate surface area is 124 Å². The summed E-state index contributed by atoms with van der Waals surface area (Å²) in [6.07, 6.45) is 0.525. The molecule has 118 valence electrons. The van der Waals surface area contributed by atoms with E-state index in [2.05, 4.69) is 0 Å². The molecule has 0 bridgehead atoms. The lowest BCUT2D eigenvalue weighted by Gasteiger charge is -2.26. The van der Waals surface area contributed by atoms with Gasteiger partial charge in [-0.1, -0.05) is 0 Å². The normalized spacial score (nSPS) is 26.3. The molecule has 0 aromatic carbocycles. The Morgan fingerprint density at radius 2 is 1.95 bits per heavy atom. The van der Waals surface area contributed by atoms with E-state index >= 15 is 0 Å². The molecular formula is C14H23N3O4. The summed E-state index contributed by atoms with van der Waals surface area (Å²) in [5.41, 5.74) is 4.73. The first-order valence-electron chi connectivity index (χ1n) is 7.24. The van der Waals surface area contributed by atoms with Gasteiger partial charge in [-0.3, -0.25) is 9.59 Å². The minimum Gasteiger partial charge on any atom is -0.444 e. The standard InChI is InChI=1S/C14H23N3O4/c1-14(2,3)21-13(20)16-5-4-10(8-16)17-7-9(12(15)19)6-11(17)18/h9-10H,4-8H2,1-3H3,(H2,15,19)/t9?,10-/m1/s1. The number of amides is 3. The molecule has 7 nitrogen and oxygen atoms in total. The van der Waals surface area contributed by atoms with Gasteiger partial charge < -0.3 is 20.3 Å². The van der Waals surface area contributed by atoms with E-state index in [1.165, 1.54) is 0 Å². The summed E-state index contributed by atoms with van der Waals surface area (Å²) < 4.78 is 5.33. The van der Waals surface area contributed by atoms with Crippen LogP contribution in [0.3, 0.4) is 0 Å². The van der Waals surface area contributed by atoms with Crippen molar-refractivity contribution >= 4 is 17.9 Å². The molecule has 2 N–H and O–H groups in total. The summed E-state index contributed by atoms with van der Waals surface area (Å²) in [6.45, 7) is 6.83. The fourth-order valence-corrected chi connectivity index (χ4v) is 2.76. The number of rotatable bonds is 2. The number of carbonyl (C=O) groups is 3. The highest BCUT2D eigenvalue weighted by Crippen LogP contribution is 2.25. The quantitative estimate of drug-likeness (QED) is 0.795. The molecule has 0 aromatic heterocycles. The molecule has 1 unspecified atom stereocenters. The van der Waals surface area contributed by atoms with Crippen LogP contribution < -0.4 is 5.73 Å². The minimum absolute atomic E-state index is 0.0469. The van der Waals surface area contributed by atoms with Crippen molar-refractivity contribution in [1.82, 2.24) is 9.80 Å². The summed E-state index contributed by atoms with van der Waals surface area (Å²) in [7, 11) is 0. The molecule has 2 rings (SSSR count). The average molecular weight is 297 g/mol. The van der Waals surface area contributed by atoms with Gasteiger partial charge in [0.25, 0.3) is 0 Å². The molecule has 3 amide bonds. The lowest BCUT2D eigenvalue weighted by atomic mass is 10.1. The van der Waals surface area contributed by atoms with Crippen LogP contribution in [0, 0.1) is 5.92 Å². The van der Waals surface area contributed by atoms with Gasteiger partial charge in [-0.2, -0.15) is 0 Å². The number of hydrogen-bond acceptors (Lipinski definition) is 4. The van der Waals surface area contributed by atoms with E-state index in [9.17, 15) is 14.4 Å². The van der Waals surface area contributed by atoms with Crippen molar-refractivity contribution < 1.29 is 19.1 Å². The van der Waals surface area contributed by atoms with Gasteiger partial charge in [0, 0.05) is 26.1 Å². The molecule has 2 aliphatic rings. The Bertz CT molecular complexity index is 458. The summed E-state index contributed by atoms with van der Waals surface area (Å²) in [4.78, 5) is 38.5. The Balaban J connectivity index is 1.92. The van der Waals surface area contributed by atoms with E-state index in [0.29, 0.717) is 26.1 Å². The van der Waals surface area contributed by atoms with Crippen LogP contribution in [0.2, 0.25) is 0 Å². The summed E-state index contributed by atoms with van der Waals surface area (Å²) in [5, 5.41) is 0. The fourth-order valence-electron chi connectivity index (χ4n) is 2.76. The summed E-state index contributed by atoms with van der Waals surface area (Å²) in [5.74, 6) is -0.907. The van der Waals surface area contributed by atoms with Crippen LogP contribution in [0.15, 0.2) is 0 Å². The predicted octanol–water partition coefficient (Wildman–Crippen LogP) is 0.330. The van der Waals surface area contributed by atoms with Crippen molar-refractivity contribution in [2.75, 3.05) is 19.6 Å². The lowest BCUT2D eigenvalue weighted by molar-refractivity contribution is -0.130. The second-order valence-corrected chi connectivity index (χ2v) is 6.72. The van der Waals surface area contributed by atoms with Crippen molar-refractivity contribution in [2.24, 2.45) is 11.7 Å². The third-order valence-electron chi connectivity index (χ3n) is 3.82. The third kappa shape index (κ3) is 3.65. The zero-order valence-electron chi connectivity index (χ0n) is 12.8. The minimum atomic E-state index is -0.532. The maximum atomic E-state index is 12.0. The van der Waals surface area contributed by atoms with Crippen LogP contribution in [0.1, 0.15) is 33.6 Å². The maximum Gasteiger partial charge on any atom is 0.410 e. The van der Waals surface area contributed by atoms with Crippen LogP contribution in [0.25, 0.3) is 0 Å². The first-order valence-corrected chi connectivity index (χ1v) is 7.24. The number of primary amides is 1. The Hall–Kier alpha value is -1.79. The van der Waals surface area contributed by atoms with Crippen molar-refractivity contribution in [3.05, 3.63) is 0 Å².